The molecule has 4 heterocycles. The molecule has 3 N–H and O–H groups in total. The van der Waals surface area contributed by atoms with Crippen LogP contribution in [0, 0.1) is 22.7 Å². The number of aliphatic hydroxyl groups excluding tert-OH is 1. The van der Waals surface area contributed by atoms with Crippen molar-refractivity contribution < 1.29 is 9.90 Å². The Morgan fingerprint density at radius 2 is 1.93 bits per heavy atom. The van der Waals surface area contributed by atoms with Gasteiger partial charge < -0.3 is 25.5 Å². The van der Waals surface area contributed by atoms with E-state index in [4.69, 9.17) is 11.6 Å². The number of hydrogen-bond acceptors (Lipinski definition) is 11. The second-order valence-corrected chi connectivity index (χ2v) is 10.9. The molecule has 1 aliphatic carbocycles. The van der Waals surface area contributed by atoms with E-state index in [2.05, 4.69) is 54.7 Å². The highest BCUT2D eigenvalue weighted by Crippen LogP contribution is 2.33. The summed E-state index contributed by atoms with van der Waals surface area (Å²) in [5, 5.41) is 40.9. The molecule has 0 bridgehead atoms. The van der Waals surface area contributed by atoms with E-state index in [1.54, 1.807) is 4.90 Å². The van der Waals surface area contributed by atoms with Gasteiger partial charge in [-0.1, -0.05) is 11.6 Å². The van der Waals surface area contributed by atoms with Crippen LogP contribution in [0.2, 0.25) is 5.02 Å². The molecule has 2 saturated heterocycles. The second-order valence-electron chi connectivity index (χ2n) is 10.5. The molecule has 3 aromatic rings. The number of carbonyl (C=O) groups excluding carboxylic acids is 1. The number of halogens is 1. The number of benzene rings is 1. The lowest BCUT2D eigenvalue weighted by molar-refractivity contribution is 0.0512. The normalized spacial score (nSPS) is 21.8. The lowest BCUT2D eigenvalue weighted by Gasteiger charge is -2.37. The van der Waals surface area contributed by atoms with Crippen molar-refractivity contribution in [2.45, 2.75) is 31.0 Å². The zero-order chi connectivity index (χ0) is 28.0. The molecule has 2 atom stereocenters. The van der Waals surface area contributed by atoms with Crippen molar-refractivity contribution in [1.82, 2.24) is 34.3 Å². The van der Waals surface area contributed by atoms with Crippen LogP contribution in [0.1, 0.15) is 34.5 Å². The molecule has 0 unspecified atom stereocenters. The number of amides is 1. The van der Waals surface area contributed by atoms with Gasteiger partial charge in [0.25, 0.3) is 5.91 Å². The van der Waals surface area contributed by atoms with Crippen LogP contribution < -0.4 is 10.6 Å². The highest BCUT2D eigenvalue weighted by Gasteiger charge is 2.39. The van der Waals surface area contributed by atoms with Crippen LogP contribution in [-0.2, 0) is 0 Å². The van der Waals surface area contributed by atoms with E-state index < -0.39 is 6.10 Å². The molecule has 206 valence electrons. The summed E-state index contributed by atoms with van der Waals surface area (Å²) in [6, 6.07) is 7.24. The van der Waals surface area contributed by atoms with Gasteiger partial charge in [0.2, 0.25) is 5.95 Å². The standard InChI is InChI=1S/C26H28ClN11O2/c1-35-4-6-36(7-5-35)20-13-37(14-21(20)39)25(40)18-8-15(10-28)9-19(22(18)27)32-26-33-23(31-16-2-3-16)24-30-12-17(11-29)38(24)34-26/h8-9,12,16,20-21,39H,2-7,13-14H2,1H3,(H2,31,32,33,34)/t20-,21-/m1/s1. The first kappa shape index (κ1) is 26.2. The summed E-state index contributed by atoms with van der Waals surface area (Å²) >= 11 is 6.75. The average molecular weight is 562 g/mol. The van der Waals surface area contributed by atoms with Crippen LogP contribution in [0.25, 0.3) is 5.65 Å². The fraction of sp³-hybridized carbons (Fsp3) is 0.462. The highest BCUT2D eigenvalue weighted by atomic mass is 35.5. The van der Waals surface area contributed by atoms with Gasteiger partial charge in [-0.05, 0) is 32.0 Å². The van der Waals surface area contributed by atoms with Gasteiger partial charge in [0.05, 0.1) is 46.2 Å². The molecule has 2 aliphatic heterocycles. The molecule has 14 heteroatoms. The van der Waals surface area contributed by atoms with Crippen molar-refractivity contribution in [2.24, 2.45) is 0 Å². The predicted molar refractivity (Wildman–Crippen MR) is 146 cm³/mol. The van der Waals surface area contributed by atoms with Gasteiger partial charge in [0, 0.05) is 45.3 Å². The van der Waals surface area contributed by atoms with Crippen LogP contribution in [-0.4, -0.2) is 110 Å². The number of nitriles is 2. The van der Waals surface area contributed by atoms with Gasteiger partial charge >= 0.3 is 0 Å². The largest absolute Gasteiger partial charge is 0.390 e. The quantitative estimate of drug-likeness (QED) is 0.397. The number of aliphatic hydroxyl groups is 1. The first-order chi connectivity index (χ1) is 19.3. The number of nitrogens with one attached hydrogen (secondary N) is 2. The van der Waals surface area contributed by atoms with Crippen molar-refractivity contribution in [1.29, 1.82) is 10.5 Å². The smallest absolute Gasteiger partial charge is 0.255 e. The van der Waals surface area contributed by atoms with Crippen molar-refractivity contribution in [3.8, 4) is 12.1 Å². The van der Waals surface area contributed by atoms with Gasteiger partial charge in [-0.3, -0.25) is 9.69 Å². The fourth-order valence-electron chi connectivity index (χ4n) is 5.20. The van der Waals surface area contributed by atoms with Gasteiger partial charge in [-0.2, -0.15) is 20.0 Å². The molecule has 1 saturated carbocycles. The fourth-order valence-corrected chi connectivity index (χ4v) is 5.44. The Bertz CT molecular complexity index is 1550. The molecule has 2 aromatic heterocycles. The van der Waals surface area contributed by atoms with E-state index in [1.807, 2.05) is 0 Å². The Morgan fingerprint density at radius 3 is 2.62 bits per heavy atom. The number of likely N-dealkylation sites (tertiary alicyclic amines) is 1. The van der Waals surface area contributed by atoms with E-state index in [0.717, 1.165) is 39.0 Å². The van der Waals surface area contributed by atoms with Gasteiger partial charge in [0.1, 0.15) is 6.07 Å². The van der Waals surface area contributed by atoms with Crippen LogP contribution in [0.4, 0.5) is 17.5 Å². The Morgan fingerprint density at radius 1 is 1.15 bits per heavy atom. The summed E-state index contributed by atoms with van der Waals surface area (Å²) in [6.45, 7) is 4.01. The van der Waals surface area contributed by atoms with E-state index in [1.165, 1.54) is 22.8 Å². The number of hydrogen-bond donors (Lipinski definition) is 3. The number of rotatable bonds is 6. The zero-order valence-corrected chi connectivity index (χ0v) is 22.6. The van der Waals surface area contributed by atoms with Crippen molar-refractivity contribution >= 4 is 40.6 Å². The lowest BCUT2D eigenvalue weighted by Crippen LogP contribution is -2.52. The predicted octanol–water partition coefficient (Wildman–Crippen LogP) is 1.27. The molecule has 40 heavy (non-hydrogen) atoms. The maximum Gasteiger partial charge on any atom is 0.255 e. The molecule has 0 radical (unpaired) electrons. The minimum Gasteiger partial charge on any atom is -0.390 e. The summed E-state index contributed by atoms with van der Waals surface area (Å²) in [5.74, 6) is 0.216. The number of nitrogens with zero attached hydrogens (tertiary/aromatic N) is 9. The number of β-amino-alcohol motifs (C(OH)–C–C–N with tert-alkyl or cyclic N) is 1. The SMILES string of the molecule is CN1CCN([C@@H]2CN(C(=O)c3cc(C#N)cc(Nc4nc(NC5CC5)c5ncc(C#N)n5n4)c3Cl)C[C@H]2O)CC1. The molecule has 13 nitrogen and oxygen atoms in total. The minimum atomic E-state index is -0.676. The molecule has 3 aliphatic rings. The first-order valence-electron chi connectivity index (χ1n) is 13.2. The summed E-state index contributed by atoms with van der Waals surface area (Å²) in [6.07, 6.45) is 2.76. The summed E-state index contributed by atoms with van der Waals surface area (Å²) < 4.78 is 1.39. The summed E-state index contributed by atoms with van der Waals surface area (Å²) in [5.41, 5.74) is 1.30. The maximum atomic E-state index is 13.6. The molecular weight excluding hydrogens is 534 g/mol. The Hall–Kier alpha value is -4.01. The molecule has 6 rings (SSSR count). The third-order valence-corrected chi connectivity index (χ3v) is 8.03. The summed E-state index contributed by atoms with van der Waals surface area (Å²) in [4.78, 5) is 28.5. The minimum absolute atomic E-state index is 0.105. The molecule has 0 spiro atoms. The van der Waals surface area contributed by atoms with E-state index >= 15 is 0 Å². The second kappa shape index (κ2) is 10.5. The zero-order valence-electron chi connectivity index (χ0n) is 21.9. The number of imidazole rings is 1. The summed E-state index contributed by atoms with van der Waals surface area (Å²) in [7, 11) is 2.07. The number of likely N-dealkylation sites (N-methyl/N-ethyl adjacent to an activating group) is 1. The van der Waals surface area contributed by atoms with E-state index in [9.17, 15) is 20.4 Å². The van der Waals surface area contributed by atoms with Gasteiger partial charge in [0.15, 0.2) is 17.2 Å². The Kier molecular flexibility index (Phi) is 6.90. The third kappa shape index (κ3) is 5.00. The monoisotopic (exact) mass is 561 g/mol. The highest BCUT2D eigenvalue weighted by molar-refractivity contribution is 6.36. The Balaban J connectivity index is 1.28. The molecule has 1 amide bonds. The van der Waals surface area contributed by atoms with Crippen LogP contribution in [0.15, 0.2) is 18.3 Å². The van der Waals surface area contributed by atoms with Crippen LogP contribution >= 0.6 is 11.6 Å². The van der Waals surface area contributed by atoms with Crippen LogP contribution in [0.3, 0.4) is 0 Å². The van der Waals surface area contributed by atoms with E-state index in [-0.39, 0.29) is 58.0 Å². The average Bonchev–Trinajstić information content (AvgIpc) is 3.53. The number of aromatic nitrogens is 4. The van der Waals surface area contributed by atoms with E-state index in [0.29, 0.717) is 18.0 Å². The number of fused-ring (bicyclic) bond motifs is 1. The molecule has 1 aromatic carbocycles. The first-order valence-corrected chi connectivity index (χ1v) is 13.6. The topological polar surface area (TPSA) is 162 Å². The van der Waals surface area contributed by atoms with Crippen molar-refractivity contribution in [3.05, 3.63) is 40.2 Å². The maximum absolute atomic E-state index is 13.6. The number of anilines is 3. The number of piperazine rings is 1. The van der Waals surface area contributed by atoms with Gasteiger partial charge in [-0.15, -0.1) is 5.10 Å². The molecule has 3 fully saturated rings. The van der Waals surface area contributed by atoms with Gasteiger partial charge in [-0.25, -0.2) is 4.98 Å². The van der Waals surface area contributed by atoms with Crippen molar-refractivity contribution in [3.63, 3.8) is 0 Å². The lowest BCUT2D eigenvalue weighted by atomic mass is 10.1. The number of carbonyl (C=O) groups is 1. The third-order valence-electron chi connectivity index (χ3n) is 7.63. The Labute approximate surface area is 235 Å². The molecular formula is C26H28ClN11O2. The van der Waals surface area contributed by atoms with Crippen LogP contribution in [0.5, 0.6) is 0 Å². The van der Waals surface area contributed by atoms with Crippen molar-refractivity contribution in [2.75, 3.05) is 56.9 Å².